The normalized spacial score (nSPS) is 18.6. The third kappa shape index (κ3) is 0.713. The summed E-state index contributed by atoms with van der Waals surface area (Å²) >= 11 is 5.56. The molecule has 0 aromatic heterocycles. The van der Waals surface area contributed by atoms with Crippen molar-refractivity contribution in [2.45, 2.75) is 13.8 Å². The maximum Gasteiger partial charge on any atom is 0.156 e. The van der Waals surface area contributed by atoms with Gasteiger partial charge in [-0.1, -0.05) is 11.6 Å². The Kier molecular flexibility index (Phi) is 1.26. The Bertz CT molecular complexity index is 164. The minimum absolute atomic E-state index is 0.516. The molecule has 0 aromatic rings. The average molecular weight is 130 g/mol. The van der Waals surface area contributed by atoms with Gasteiger partial charge in [-0.15, -0.1) is 5.10 Å². The van der Waals surface area contributed by atoms with E-state index in [9.17, 15) is 0 Å². The molecular weight excluding hydrogens is 124 g/mol. The van der Waals surface area contributed by atoms with Crippen molar-refractivity contribution in [3.8, 4) is 0 Å². The second kappa shape index (κ2) is 1.78. The van der Waals surface area contributed by atoms with E-state index in [4.69, 9.17) is 11.6 Å². The van der Waals surface area contributed by atoms with Crippen LogP contribution < -0.4 is 5.43 Å². The van der Waals surface area contributed by atoms with E-state index in [-0.39, 0.29) is 0 Å². The Labute approximate surface area is 53.2 Å². The van der Waals surface area contributed by atoms with Crippen molar-refractivity contribution in [1.29, 1.82) is 0 Å². The van der Waals surface area contributed by atoms with Gasteiger partial charge in [0.1, 0.15) is 0 Å². The summed E-state index contributed by atoms with van der Waals surface area (Å²) in [4.78, 5) is 0. The third-order valence-corrected chi connectivity index (χ3v) is 1.50. The molecule has 2 nitrogen and oxygen atoms in total. The summed E-state index contributed by atoms with van der Waals surface area (Å²) < 4.78 is 0. The largest absolute Gasteiger partial charge is 0.156 e. The van der Waals surface area contributed by atoms with Gasteiger partial charge in [0.2, 0.25) is 0 Å². The second-order valence-corrected chi connectivity index (χ2v) is 2.06. The van der Waals surface area contributed by atoms with Gasteiger partial charge in [-0.25, -0.2) is 0 Å². The first-order valence-corrected chi connectivity index (χ1v) is 2.71. The first-order valence-electron chi connectivity index (χ1n) is 2.34. The molecular formula is C5H6ClN2. The van der Waals surface area contributed by atoms with Crippen LogP contribution in [-0.2, 0) is 0 Å². The fourth-order valence-electron chi connectivity index (χ4n) is 0.418. The van der Waals surface area contributed by atoms with Crippen LogP contribution in [0.15, 0.2) is 16.4 Å². The number of halogens is 1. The smallest absolute Gasteiger partial charge is 0.154 e. The maximum absolute atomic E-state index is 5.56. The summed E-state index contributed by atoms with van der Waals surface area (Å²) in [6, 6.07) is 0. The molecule has 0 bridgehead atoms. The molecule has 0 aromatic carbocycles. The van der Waals surface area contributed by atoms with Gasteiger partial charge in [0.05, 0.1) is 5.70 Å². The fraction of sp³-hybridized carbons (Fsp3) is 0.400. The zero-order valence-corrected chi connectivity index (χ0v) is 5.53. The fourth-order valence-corrected chi connectivity index (χ4v) is 0.593. The van der Waals surface area contributed by atoms with Gasteiger partial charge in [-0.05, 0) is 13.8 Å². The third-order valence-electron chi connectivity index (χ3n) is 1.14. The lowest BCUT2D eigenvalue weighted by molar-refractivity contribution is 0.891. The summed E-state index contributed by atoms with van der Waals surface area (Å²) in [6.07, 6.45) is 0. The SMILES string of the molecule is CC1=C(C)C(Cl)=N[N]1. The predicted molar refractivity (Wildman–Crippen MR) is 33.8 cm³/mol. The summed E-state index contributed by atoms with van der Waals surface area (Å²) in [5.74, 6) is 0. The number of nitrogens with zero attached hydrogens (tertiary/aromatic N) is 2. The van der Waals surface area contributed by atoms with Crippen LogP contribution in [0.2, 0.25) is 0 Å². The lowest BCUT2D eigenvalue weighted by atomic mass is 10.3. The molecule has 43 valence electrons. The van der Waals surface area contributed by atoms with Gasteiger partial charge < -0.3 is 0 Å². The molecule has 0 amide bonds. The van der Waals surface area contributed by atoms with Crippen molar-refractivity contribution in [2.75, 3.05) is 0 Å². The van der Waals surface area contributed by atoms with Crippen molar-refractivity contribution in [2.24, 2.45) is 5.10 Å². The van der Waals surface area contributed by atoms with Crippen LogP contribution in [-0.4, -0.2) is 5.17 Å². The minimum atomic E-state index is 0.516. The van der Waals surface area contributed by atoms with Crippen molar-refractivity contribution in [3.05, 3.63) is 11.3 Å². The molecule has 1 rings (SSSR count). The molecule has 0 saturated heterocycles. The van der Waals surface area contributed by atoms with Gasteiger partial charge >= 0.3 is 0 Å². The van der Waals surface area contributed by atoms with Crippen molar-refractivity contribution in [1.82, 2.24) is 5.43 Å². The van der Waals surface area contributed by atoms with Crippen molar-refractivity contribution in [3.63, 3.8) is 0 Å². The highest BCUT2D eigenvalue weighted by Gasteiger charge is 2.09. The highest BCUT2D eigenvalue weighted by molar-refractivity contribution is 6.69. The summed E-state index contributed by atoms with van der Waals surface area (Å²) in [7, 11) is 0. The number of hydrogen-bond donors (Lipinski definition) is 0. The van der Waals surface area contributed by atoms with E-state index >= 15 is 0 Å². The topological polar surface area (TPSA) is 26.5 Å². The zero-order chi connectivity index (χ0) is 6.15. The standard InChI is InChI=1S/C5H6ClN2/c1-3-4(2)7-8-5(3)6/h1-2H3. The number of hydrogen-bond acceptors (Lipinski definition) is 1. The van der Waals surface area contributed by atoms with E-state index in [1.807, 2.05) is 13.8 Å². The van der Waals surface area contributed by atoms with E-state index in [0.717, 1.165) is 11.3 Å². The second-order valence-electron chi connectivity index (χ2n) is 1.70. The van der Waals surface area contributed by atoms with E-state index in [2.05, 4.69) is 10.5 Å². The lowest BCUT2D eigenvalue weighted by Gasteiger charge is -1.86. The van der Waals surface area contributed by atoms with Crippen molar-refractivity contribution < 1.29 is 0 Å². The molecule has 1 radical (unpaired) electrons. The van der Waals surface area contributed by atoms with E-state index in [0.29, 0.717) is 5.17 Å². The number of rotatable bonds is 0. The Balaban J connectivity index is 2.88. The summed E-state index contributed by atoms with van der Waals surface area (Å²) in [6.45, 7) is 3.78. The van der Waals surface area contributed by atoms with Gasteiger partial charge in [-0.2, -0.15) is 5.43 Å². The molecule has 1 heterocycles. The Morgan fingerprint density at radius 3 is 2.12 bits per heavy atom. The molecule has 0 saturated carbocycles. The highest BCUT2D eigenvalue weighted by atomic mass is 35.5. The highest BCUT2D eigenvalue weighted by Crippen LogP contribution is 2.12. The van der Waals surface area contributed by atoms with Crippen LogP contribution in [0.5, 0.6) is 0 Å². The van der Waals surface area contributed by atoms with Crippen LogP contribution in [0, 0.1) is 0 Å². The zero-order valence-electron chi connectivity index (χ0n) is 4.77. The molecule has 1 aliphatic heterocycles. The summed E-state index contributed by atoms with van der Waals surface area (Å²) in [5.41, 5.74) is 5.62. The van der Waals surface area contributed by atoms with Gasteiger partial charge in [0, 0.05) is 5.57 Å². The summed E-state index contributed by atoms with van der Waals surface area (Å²) in [5, 5.41) is 4.15. The molecule has 0 atom stereocenters. The van der Waals surface area contributed by atoms with Gasteiger partial charge in [0.15, 0.2) is 5.17 Å². The Morgan fingerprint density at radius 2 is 2.00 bits per heavy atom. The molecule has 0 fully saturated rings. The molecule has 8 heavy (non-hydrogen) atoms. The van der Waals surface area contributed by atoms with Crippen LogP contribution in [0.3, 0.4) is 0 Å². The maximum atomic E-state index is 5.56. The Morgan fingerprint density at radius 1 is 1.38 bits per heavy atom. The first kappa shape index (κ1) is 5.63. The number of allylic oxidation sites excluding steroid dienone is 2. The lowest BCUT2D eigenvalue weighted by Crippen LogP contribution is -1.85. The van der Waals surface area contributed by atoms with Crippen molar-refractivity contribution >= 4 is 16.8 Å². The predicted octanol–water partition coefficient (Wildman–Crippen LogP) is 1.45. The van der Waals surface area contributed by atoms with Gasteiger partial charge in [0.25, 0.3) is 0 Å². The monoisotopic (exact) mass is 129 g/mol. The molecule has 0 spiro atoms. The quantitative estimate of drug-likeness (QED) is 0.473. The molecule has 0 N–H and O–H groups in total. The van der Waals surface area contributed by atoms with Crippen LogP contribution in [0.4, 0.5) is 0 Å². The van der Waals surface area contributed by atoms with Gasteiger partial charge in [-0.3, -0.25) is 0 Å². The van der Waals surface area contributed by atoms with Crippen LogP contribution in [0.1, 0.15) is 13.8 Å². The minimum Gasteiger partial charge on any atom is -0.154 e. The first-order chi connectivity index (χ1) is 3.72. The molecule has 3 heteroatoms. The Hall–Kier alpha value is -0.500. The molecule has 1 aliphatic rings. The van der Waals surface area contributed by atoms with Crippen LogP contribution >= 0.6 is 11.6 Å². The molecule has 0 unspecified atom stereocenters. The average Bonchev–Trinajstić information content (AvgIpc) is 1.98. The molecule has 0 aliphatic carbocycles. The van der Waals surface area contributed by atoms with Crippen LogP contribution in [0.25, 0.3) is 0 Å². The van der Waals surface area contributed by atoms with E-state index in [1.54, 1.807) is 0 Å². The van der Waals surface area contributed by atoms with E-state index in [1.165, 1.54) is 0 Å². The van der Waals surface area contributed by atoms with E-state index < -0.39 is 0 Å².